The molecule has 0 aliphatic carbocycles. The fourth-order valence-corrected chi connectivity index (χ4v) is 4.79. The number of imidazole rings is 1. The van der Waals surface area contributed by atoms with Crippen LogP contribution in [-0.2, 0) is 10.0 Å². The summed E-state index contributed by atoms with van der Waals surface area (Å²) in [4.78, 5) is 4.16. The third kappa shape index (κ3) is 3.68. The van der Waals surface area contributed by atoms with Gasteiger partial charge in [-0.2, -0.15) is 0 Å². The first-order valence-electron chi connectivity index (χ1n) is 7.97. The molecule has 3 rings (SSSR count). The molecule has 142 valence electrons. The van der Waals surface area contributed by atoms with Gasteiger partial charge in [-0.3, -0.25) is 0 Å². The smallest absolute Gasteiger partial charge is 0.244 e. The summed E-state index contributed by atoms with van der Waals surface area (Å²) in [5.74, 6) is -0.464. The number of rotatable bonds is 4. The zero-order chi connectivity index (χ0) is 19.9. The summed E-state index contributed by atoms with van der Waals surface area (Å²) in [5.41, 5.74) is 8.70. The largest absolute Gasteiger partial charge is 0.368 e. The minimum absolute atomic E-state index is 0.0926. The normalized spacial score (nSPS) is 11.9. The first kappa shape index (κ1) is 20.0. The van der Waals surface area contributed by atoms with Crippen molar-refractivity contribution in [2.75, 3.05) is 5.73 Å². The molecule has 0 aliphatic rings. The number of halogens is 3. The highest BCUT2D eigenvalue weighted by Gasteiger charge is 2.25. The summed E-state index contributed by atoms with van der Waals surface area (Å²) in [6, 6.07) is 11.3. The second-order valence-corrected chi connectivity index (χ2v) is 11.2. The van der Waals surface area contributed by atoms with Gasteiger partial charge in [-0.1, -0.05) is 18.2 Å². The molecular weight excluding hydrogens is 501 g/mol. The summed E-state index contributed by atoms with van der Waals surface area (Å²) in [7, 11) is -3.70. The molecule has 1 heterocycles. The second kappa shape index (κ2) is 7.37. The average Bonchev–Trinajstić information content (AvgIpc) is 2.90. The maximum Gasteiger partial charge on any atom is 0.244 e. The molecule has 0 unspecified atom stereocenters. The van der Waals surface area contributed by atoms with E-state index in [1.165, 1.54) is 12.1 Å². The quantitative estimate of drug-likeness (QED) is 0.537. The molecule has 0 atom stereocenters. The van der Waals surface area contributed by atoms with E-state index in [-0.39, 0.29) is 11.8 Å². The van der Waals surface area contributed by atoms with Crippen molar-refractivity contribution >= 4 is 64.4 Å². The van der Waals surface area contributed by atoms with E-state index in [4.69, 9.17) is 5.73 Å². The minimum Gasteiger partial charge on any atom is -0.368 e. The molecule has 0 amide bonds. The van der Waals surface area contributed by atoms with Gasteiger partial charge in [-0.05, 0) is 81.1 Å². The molecule has 3 aromatic rings. The van der Waals surface area contributed by atoms with E-state index in [0.717, 1.165) is 3.97 Å². The summed E-state index contributed by atoms with van der Waals surface area (Å²) >= 11 is 6.80. The lowest BCUT2D eigenvalue weighted by atomic mass is 9.99. The van der Waals surface area contributed by atoms with Crippen molar-refractivity contribution < 1.29 is 12.8 Å². The Labute approximate surface area is 173 Å². The highest BCUT2D eigenvalue weighted by Crippen LogP contribution is 2.35. The zero-order valence-electron chi connectivity index (χ0n) is 14.4. The molecule has 1 aromatic heterocycles. The number of nitrogens with two attached hydrogens (primary N) is 1. The topological polar surface area (TPSA) is 78.0 Å². The minimum atomic E-state index is -3.70. The molecule has 9 heteroatoms. The van der Waals surface area contributed by atoms with Crippen molar-refractivity contribution in [2.45, 2.75) is 19.1 Å². The molecule has 0 fully saturated rings. The molecule has 0 spiro atoms. The second-order valence-electron chi connectivity index (χ2n) is 6.18. The Bertz CT molecular complexity index is 1170. The monoisotopic (exact) mass is 515 g/mol. The molecule has 0 aliphatic heterocycles. The van der Waals surface area contributed by atoms with Crippen molar-refractivity contribution in [1.82, 2.24) is 8.96 Å². The molecule has 0 radical (unpaired) electrons. The van der Waals surface area contributed by atoms with Crippen LogP contribution in [0.4, 0.5) is 10.3 Å². The van der Waals surface area contributed by atoms with Gasteiger partial charge in [0.2, 0.25) is 16.0 Å². The molecule has 5 nitrogen and oxygen atoms in total. The Hall–Kier alpha value is -1.71. The van der Waals surface area contributed by atoms with Crippen molar-refractivity contribution in [2.24, 2.45) is 0 Å². The number of fused-ring (bicyclic) bond motifs is 1. The van der Waals surface area contributed by atoms with Gasteiger partial charge in [0, 0.05) is 5.57 Å². The first-order valence-corrected chi connectivity index (χ1v) is 11.1. The summed E-state index contributed by atoms with van der Waals surface area (Å²) < 4.78 is 40.8. The van der Waals surface area contributed by atoms with E-state index >= 15 is 0 Å². The van der Waals surface area contributed by atoms with Gasteiger partial charge in [-0.25, -0.2) is 21.8 Å². The van der Waals surface area contributed by atoms with E-state index < -0.39 is 15.3 Å². The van der Waals surface area contributed by atoms with E-state index in [1.54, 1.807) is 44.2 Å². The van der Waals surface area contributed by atoms with E-state index in [1.807, 2.05) is 0 Å². The van der Waals surface area contributed by atoms with Crippen LogP contribution in [0.2, 0.25) is 0 Å². The zero-order valence-corrected chi connectivity index (χ0v) is 18.4. The lowest BCUT2D eigenvalue weighted by Crippen LogP contribution is -2.23. The SMILES string of the molecule is CC(C)S(=O)(=O)n1c(N)nc2ccc(C(=C(Br)Br)c3cccc(F)c3)cc21. The maximum atomic E-state index is 13.7. The number of aromatic nitrogens is 2. The van der Waals surface area contributed by atoms with Crippen LogP contribution in [0.1, 0.15) is 25.0 Å². The van der Waals surface area contributed by atoms with Gasteiger partial charge in [0.25, 0.3) is 0 Å². The Kier molecular flexibility index (Phi) is 5.47. The van der Waals surface area contributed by atoms with Crippen LogP contribution < -0.4 is 5.73 Å². The third-order valence-electron chi connectivity index (χ3n) is 4.08. The van der Waals surface area contributed by atoms with Crippen LogP contribution in [0.25, 0.3) is 16.6 Å². The lowest BCUT2D eigenvalue weighted by Gasteiger charge is -2.13. The standard InChI is InChI=1S/C18H16Br2FN3O2S/c1-10(2)27(25,26)24-15-9-12(6-7-14(15)23-18(24)22)16(17(19)20)11-4-3-5-13(21)8-11/h3-10H,1-2H3,(H2,22,23). The molecule has 0 saturated heterocycles. The van der Waals surface area contributed by atoms with E-state index in [9.17, 15) is 12.8 Å². The van der Waals surface area contributed by atoms with Gasteiger partial charge in [-0.15, -0.1) is 0 Å². The number of anilines is 1. The Morgan fingerprint density at radius 1 is 1.15 bits per heavy atom. The molecule has 2 aromatic carbocycles. The van der Waals surface area contributed by atoms with Gasteiger partial charge in [0.05, 0.1) is 19.7 Å². The predicted octanol–water partition coefficient (Wildman–Crippen LogP) is 4.85. The average molecular weight is 517 g/mol. The van der Waals surface area contributed by atoms with Crippen LogP contribution in [-0.4, -0.2) is 22.6 Å². The fourth-order valence-electron chi connectivity index (χ4n) is 2.74. The molecule has 0 saturated carbocycles. The van der Waals surface area contributed by atoms with Crippen LogP contribution in [0.15, 0.2) is 45.9 Å². The van der Waals surface area contributed by atoms with Crippen LogP contribution >= 0.6 is 31.9 Å². The number of nitrogens with zero attached hydrogens (tertiary/aromatic N) is 2. The van der Waals surface area contributed by atoms with E-state index in [0.29, 0.717) is 31.1 Å². The van der Waals surface area contributed by atoms with Crippen molar-refractivity contribution in [3.05, 3.63) is 62.8 Å². The highest BCUT2D eigenvalue weighted by atomic mass is 79.9. The highest BCUT2D eigenvalue weighted by molar-refractivity contribution is 9.28. The summed E-state index contributed by atoms with van der Waals surface area (Å²) in [5, 5.41) is -0.665. The first-order chi connectivity index (χ1) is 12.6. The van der Waals surface area contributed by atoms with Crippen molar-refractivity contribution in [3.63, 3.8) is 0 Å². The number of hydrogen-bond acceptors (Lipinski definition) is 4. The maximum absolute atomic E-state index is 13.7. The number of nitrogen functional groups attached to an aromatic ring is 1. The van der Waals surface area contributed by atoms with Crippen molar-refractivity contribution in [3.8, 4) is 0 Å². The predicted molar refractivity (Wildman–Crippen MR) is 114 cm³/mol. The van der Waals surface area contributed by atoms with Gasteiger partial charge < -0.3 is 5.73 Å². The molecule has 2 N–H and O–H groups in total. The Balaban J connectivity index is 2.29. The summed E-state index contributed by atoms with van der Waals surface area (Å²) in [6.07, 6.45) is 0. The Morgan fingerprint density at radius 3 is 2.41 bits per heavy atom. The summed E-state index contributed by atoms with van der Waals surface area (Å²) in [6.45, 7) is 3.16. The third-order valence-corrected chi connectivity index (χ3v) is 6.96. The van der Waals surface area contributed by atoms with Gasteiger partial charge in [0.15, 0.2) is 0 Å². The van der Waals surface area contributed by atoms with E-state index in [2.05, 4.69) is 36.8 Å². The van der Waals surface area contributed by atoms with Gasteiger partial charge in [0.1, 0.15) is 5.82 Å². The van der Waals surface area contributed by atoms with Crippen LogP contribution in [0.5, 0.6) is 0 Å². The number of benzene rings is 2. The lowest BCUT2D eigenvalue weighted by molar-refractivity contribution is 0.580. The molecular formula is C18H16Br2FN3O2S. The van der Waals surface area contributed by atoms with Crippen LogP contribution in [0.3, 0.4) is 0 Å². The fraction of sp³-hybridized carbons (Fsp3) is 0.167. The molecule has 27 heavy (non-hydrogen) atoms. The number of hydrogen-bond donors (Lipinski definition) is 1. The van der Waals surface area contributed by atoms with Crippen molar-refractivity contribution in [1.29, 1.82) is 0 Å². The Morgan fingerprint density at radius 2 is 1.81 bits per heavy atom. The van der Waals surface area contributed by atoms with Crippen LogP contribution in [0, 0.1) is 5.82 Å². The van der Waals surface area contributed by atoms with Gasteiger partial charge >= 0.3 is 0 Å². The molecule has 0 bridgehead atoms.